The van der Waals surface area contributed by atoms with Crippen molar-refractivity contribution in [1.29, 1.82) is 0 Å². The van der Waals surface area contributed by atoms with E-state index in [0.717, 1.165) is 70.6 Å². The second kappa shape index (κ2) is 46.2. The highest BCUT2D eigenvalue weighted by atomic mass is 16.5. The van der Waals surface area contributed by atoms with Crippen LogP contribution in [0.15, 0.2) is 36.5 Å². The molecule has 0 spiro atoms. The molecule has 3 unspecified atom stereocenters. The molecule has 0 heterocycles. The third-order valence-corrected chi connectivity index (χ3v) is 11.5. The molecule has 0 aromatic rings. The zero-order chi connectivity index (χ0) is 42.4. The van der Waals surface area contributed by atoms with E-state index in [1.54, 1.807) is 0 Å². The molecule has 3 N–H and O–H groups in total. The molecule has 0 rings (SSSR count). The minimum absolute atomic E-state index is 0.0753. The Kier molecular flexibility index (Phi) is 44.6. The topological polar surface area (TPSA) is 95.9 Å². The van der Waals surface area contributed by atoms with Gasteiger partial charge in [-0.2, -0.15) is 0 Å². The summed E-state index contributed by atoms with van der Waals surface area (Å²) in [4.78, 5) is 26.0. The maximum atomic E-state index is 13.2. The van der Waals surface area contributed by atoms with Crippen LogP contribution in [0.5, 0.6) is 0 Å². The standard InChI is InChI=1S/C52H97NO5/c1-4-7-10-13-16-19-21-23-25-26-28-30-33-36-39-42-45-52(57)58-48(43-40-37-34-31-18-15-12-9-6-3)46-51(56)53-49(47-54)50(55)44-41-38-35-32-29-27-24-22-20-17-14-11-8-5-2/h7,10,16,19,23,25,48-50,54-55H,4-6,8-9,11-15,17-18,20-22,24,26-47H2,1-3H3,(H,53,56)/b10-7+,19-16+,25-23+. The molecule has 0 saturated heterocycles. The Morgan fingerprint density at radius 2 is 0.931 bits per heavy atom. The van der Waals surface area contributed by atoms with E-state index < -0.39 is 18.2 Å². The molecule has 0 aliphatic heterocycles. The maximum absolute atomic E-state index is 13.2. The fraction of sp³-hybridized carbons (Fsp3) is 0.846. The molecule has 58 heavy (non-hydrogen) atoms. The van der Waals surface area contributed by atoms with Gasteiger partial charge >= 0.3 is 5.97 Å². The minimum atomic E-state index is -0.786. The Hall–Kier alpha value is -1.92. The number of amides is 1. The first-order valence-corrected chi connectivity index (χ1v) is 25.2. The lowest BCUT2D eigenvalue weighted by atomic mass is 10.0. The number of hydrogen-bond donors (Lipinski definition) is 3. The molecule has 0 aromatic heterocycles. The Bertz CT molecular complexity index is 961. The third kappa shape index (κ3) is 40.8. The largest absolute Gasteiger partial charge is 0.462 e. The van der Waals surface area contributed by atoms with Gasteiger partial charge in [-0.15, -0.1) is 0 Å². The number of allylic oxidation sites excluding steroid dienone is 6. The van der Waals surface area contributed by atoms with Crippen LogP contribution < -0.4 is 5.32 Å². The second-order valence-electron chi connectivity index (χ2n) is 17.2. The van der Waals surface area contributed by atoms with Crippen molar-refractivity contribution in [1.82, 2.24) is 5.32 Å². The lowest BCUT2D eigenvalue weighted by Gasteiger charge is -2.24. The Labute approximate surface area is 360 Å². The van der Waals surface area contributed by atoms with Crippen LogP contribution in [0.2, 0.25) is 0 Å². The number of aliphatic hydroxyl groups is 2. The van der Waals surface area contributed by atoms with E-state index in [1.807, 2.05) is 0 Å². The van der Waals surface area contributed by atoms with Gasteiger partial charge < -0.3 is 20.3 Å². The van der Waals surface area contributed by atoms with E-state index in [2.05, 4.69) is 62.5 Å². The number of carbonyl (C=O) groups excluding carboxylic acids is 2. The molecular weight excluding hydrogens is 719 g/mol. The highest BCUT2D eigenvalue weighted by Crippen LogP contribution is 2.18. The van der Waals surface area contributed by atoms with E-state index in [1.165, 1.54) is 141 Å². The zero-order valence-corrected chi connectivity index (χ0v) is 38.7. The van der Waals surface area contributed by atoms with Crippen molar-refractivity contribution < 1.29 is 24.5 Å². The molecule has 1 amide bonds. The van der Waals surface area contributed by atoms with Crippen molar-refractivity contribution in [2.24, 2.45) is 0 Å². The number of aliphatic hydroxyl groups excluding tert-OH is 2. The van der Waals surface area contributed by atoms with Gasteiger partial charge in [-0.25, -0.2) is 0 Å². The quantitative estimate of drug-likeness (QED) is 0.0323. The first-order chi connectivity index (χ1) is 28.5. The highest BCUT2D eigenvalue weighted by Gasteiger charge is 2.24. The van der Waals surface area contributed by atoms with Crippen LogP contribution in [0.3, 0.4) is 0 Å². The number of nitrogens with one attached hydrogen (secondary N) is 1. The first-order valence-electron chi connectivity index (χ1n) is 25.2. The van der Waals surface area contributed by atoms with Gasteiger partial charge in [0.15, 0.2) is 0 Å². The summed E-state index contributed by atoms with van der Waals surface area (Å²) in [6, 6.07) is -0.699. The van der Waals surface area contributed by atoms with Crippen LogP contribution in [0.1, 0.15) is 258 Å². The van der Waals surface area contributed by atoms with Gasteiger partial charge in [-0.1, -0.05) is 224 Å². The number of hydrogen-bond acceptors (Lipinski definition) is 5. The summed E-state index contributed by atoms with van der Waals surface area (Å²) in [5, 5.41) is 23.7. The minimum Gasteiger partial charge on any atom is -0.462 e. The van der Waals surface area contributed by atoms with Crippen LogP contribution in [0.25, 0.3) is 0 Å². The molecule has 0 radical (unpaired) electrons. The number of rotatable bonds is 45. The number of unbranched alkanes of at least 4 members (excludes halogenated alkanes) is 27. The van der Waals surface area contributed by atoms with Crippen molar-refractivity contribution >= 4 is 11.9 Å². The Balaban J connectivity index is 4.47. The molecule has 0 saturated carbocycles. The zero-order valence-electron chi connectivity index (χ0n) is 38.7. The smallest absolute Gasteiger partial charge is 0.306 e. The molecular formula is C52H97NO5. The highest BCUT2D eigenvalue weighted by molar-refractivity contribution is 5.77. The van der Waals surface area contributed by atoms with Gasteiger partial charge in [0, 0.05) is 6.42 Å². The van der Waals surface area contributed by atoms with E-state index >= 15 is 0 Å². The van der Waals surface area contributed by atoms with Crippen molar-refractivity contribution in [2.45, 2.75) is 277 Å². The summed E-state index contributed by atoms with van der Waals surface area (Å²) in [6.07, 6.45) is 53.5. The molecule has 0 aliphatic carbocycles. The van der Waals surface area contributed by atoms with Crippen molar-refractivity contribution in [3.05, 3.63) is 36.5 Å². The predicted octanol–water partition coefficient (Wildman–Crippen LogP) is 14.9. The molecule has 6 nitrogen and oxygen atoms in total. The lowest BCUT2D eigenvalue weighted by Crippen LogP contribution is -2.46. The Morgan fingerprint density at radius 3 is 1.41 bits per heavy atom. The normalized spacial score (nSPS) is 13.5. The monoisotopic (exact) mass is 816 g/mol. The molecule has 3 atom stereocenters. The van der Waals surface area contributed by atoms with Crippen LogP contribution >= 0.6 is 0 Å². The average Bonchev–Trinajstić information content (AvgIpc) is 3.22. The second-order valence-corrected chi connectivity index (χ2v) is 17.2. The Morgan fingerprint density at radius 1 is 0.517 bits per heavy atom. The molecule has 0 bridgehead atoms. The van der Waals surface area contributed by atoms with Crippen LogP contribution in [0.4, 0.5) is 0 Å². The predicted molar refractivity (Wildman–Crippen MR) is 250 cm³/mol. The summed E-state index contributed by atoms with van der Waals surface area (Å²) in [5.74, 6) is -0.482. The van der Waals surface area contributed by atoms with Crippen LogP contribution in [-0.4, -0.2) is 46.9 Å². The first kappa shape index (κ1) is 56.1. The molecule has 6 heteroatoms. The molecule has 0 aliphatic rings. The van der Waals surface area contributed by atoms with Crippen LogP contribution in [-0.2, 0) is 14.3 Å². The fourth-order valence-electron chi connectivity index (χ4n) is 7.68. The summed E-state index contributed by atoms with van der Waals surface area (Å²) < 4.78 is 5.91. The van der Waals surface area contributed by atoms with E-state index in [9.17, 15) is 19.8 Å². The summed E-state index contributed by atoms with van der Waals surface area (Å²) in [7, 11) is 0. The lowest BCUT2D eigenvalue weighted by molar-refractivity contribution is -0.151. The maximum Gasteiger partial charge on any atom is 0.306 e. The molecule has 340 valence electrons. The summed E-state index contributed by atoms with van der Waals surface area (Å²) in [6.45, 7) is 6.36. The van der Waals surface area contributed by atoms with Gasteiger partial charge in [0.05, 0.1) is 25.2 Å². The van der Waals surface area contributed by atoms with Gasteiger partial charge in [0.25, 0.3) is 0 Å². The summed E-state index contributed by atoms with van der Waals surface area (Å²) in [5.41, 5.74) is 0. The number of esters is 1. The molecule has 0 aromatic carbocycles. The third-order valence-electron chi connectivity index (χ3n) is 11.5. The van der Waals surface area contributed by atoms with Gasteiger partial charge in [0.2, 0.25) is 5.91 Å². The SMILES string of the molecule is CC/C=C/C/C=C/C/C=C/CCCCCCCCC(=O)OC(CCCCCCCCCCC)CC(=O)NC(CO)C(O)CCCCCCCCCCCCCCCC. The van der Waals surface area contributed by atoms with Gasteiger partial charge in [-0.3, -0.25) is 9.59 Å². The van der Waals surface area contributed by atoms with Crippen LogP contribution in [0, 0.1) is 0 Å². The van der Waals surface area contributed by atoms with E-state index in [0.29, 0.717) is 19.3 Å². The van der Waals surface area contributed by atoms with E-state index in [4.69, 9.17) is 4.74 Å². The van der Waals surface area contributed by atoms with Crippen molar-refractivity contribution in [3.8, 4) is 0 Å². The average molecular weight is 816 g/mol. The summed E-state index contributed by atoms with van der Waals surface area (Å²) >= 11 is 0. The van der Waals surface area contributed by atoms with E-state index in [-0.39, 0.29) is 24.9 Å². The fourth-order valence-corrected chi connectivity index (χ4v) is 7.68. The van der Waals surface area contributed by atoms with Crippen molar-refractivity contribution in [2.75, 3.05) is 6.61 Å². The van der Waals surface area contributed by atoms with Crippen molar-refractivity contribution in [3.63, 3.8) is 0 Å². The van der Waals surface area contributed by atoms with Gasteiger partial charge in [-0.05, 0) is 57.8 Å². The molecule has 0 fully saturated rings. The van der Waals surface area contributed by atoms with Gasteiger partial charge in [0.1, 0.15) is 6.10 Å². The number of carbonyl (C=O) groups is 2. The number of ether oxygens (including phenoxy) is 1.